The van der Waals surface area contributed by atoms with E-state index in [1.807, 2.05) is 24.3 Å². The molecule has 0 unspecified atom stereocenters. The highest BCUT2D eigenvalue weighted by Crippen LogP contribution is 2.29. The predicted molar refractivity (Wildman–Crippen MR) is 94.8 cm³/mol. The molecule has 1 aromatic heterocycles. The summed E-state index contributed by atoms with van der Waals surface area (Å²) >= 11 is 0. The molecule has 132 valence electrons. The summed E-state index contributed by atoms with van der Waals surface area (Å²) in [4.78, 5) is 26.4. The van der Waals surface area contributed by atoms with Crippen LogP contribution < -0.4 is 10.2 Å². The van der Waals surface area contributed by atoms with Gasteiger partial charge in [-0.1, -0.05) is 24.3 Å². The molecule has 7 heteroatoms. The lowest BCUT2D eigenvalue weighted by Gasteiger charge is -2.14. The largest absolute Gasteiger partial charge is 0.352 e. The molecule has 0 saturated carbocycles. The number of carbonyl (C=O) groups excluding carboxylic acids is 2. The molecule has 1 atom stereocenters. The average molecular weight is 352 g/mol. The molecule has 2 aromatic carbocycles. The number of nitrogens with zero attached hydrogens (tertiary/aromatic N) is 2. The summed E-state index contributed by atoms with van der Waals surface area (Å²) in [6, 6.07) is 13.6. The Bertz CT molecular complexity index is 984. The van der Waals surface area contributed by atoms with E-state index in [2.05, 4.69) is 15.5 Å². The molecule has 0 radical (unpaired) electrons. The number of aromatic amines is 1. The molecular formula is C19H17FN4O2. The Morgan fingerprint density at radius 1 is 1.27 bits per heavy atom. The number of anilines is 1. The van der Waals surface area contributed by atoms with Crippen molar-refractivity contribution in [3.05, 3.63) is 59.9 Å². The molecule has 2 amide bonds. The second kappa shape index (κ2) is 6.59. The summed E-state index contributed by atoms with van der Waals surface area (Å²) < 4.78 is 13.2. The predicted octanol–water partition coefficient (Wildman–Crippen LogP) is 2.37. The van der Waals surface area contributed by atoms with Crippen LogP contribution in [-0.4, -0.2) is 28.6 Å². The number of carbonyl (C=O) groups is 2. The Kier molecular flexibility index (Phi) is 4.12. The van der Waals surface area contributed by atoms with Gasteiger partial charge in [0.1, 0.15) is 5.82 Å². The number of nitrogens with one attached hydrogen (secondary N) is 2. The first kappa shape index (κ1) is 16.3. The third-order valence-corrected chi connectivity index (χ3v) is 4.56. The maximum absolute atomic E-state index is 13.2. The molecule has 26 heavy (non-hydrogen) atoms. The minimum Gasteiger partial charge on any atom is -0.352 e. The zero-order chi connectivity index (χ0) is 18.1. The van der Waals surface area contributed by atoms with Gasteiger partial charge in [-0.2, -0.15) is 5.10 Å². The molecule has 1 saturated heterocycles. The van der Waals surface area contributed by atoms with Gasteiger partial charge in [0, 0.05) is 24.9 Å². The van der Waals surface area contributed by atoms with Gasteiger partial charge in [-0.05, 0) is 29.8 Å². The molecule has 0 spiro atoms. The summed E-state index contributed by atoms with van der Waals surface area (Å²) in [6.45, 7) is 0.509. The van der Waals surface area contributed by atoms with Gasteiger partial charge in [0.2, 0.25) is 11.8 Å². The number of para-hydroxylation sites is 1. The van der Waals surface area contributed by atoms with Gasteiger partial charge >= 0.3 is 0 Å². The third kappa shape index (κ3) is 3.03. The van der Waals surface area contributed by atoms with Crippen LogP contribution in [-0.2, 0) is 16.1 Å². The van der Waals surface area contributed by atoms with Gasteiger partial charge in [0.15, 0.2) is 5.82 Å². The van der Waals surface area contributed by atoms with Crippen LogP contribution in [0.1, 0.15) is 12.0 Å². The molecule has 3 aromatic rings. The van der Waals surface area contributed by atoms with E-state index in [1.165, 1.54) is 12.1 Å². The Balaban J connectivity index is 1.45. The molecule has 2 heterocycles. The fourth-order valence-corrected chi connectivity index (χ4v) is 3.22. The van der Waals surface area contributed by atoms with Gasteiger partial charge in [-0.15, -0.1) is 0 Å². The fraction of sp³-hybridized carbons (Fsp3) is 0.211. The monoisotopic (exact) mass is 352 g/mol. The van der Waals surface area contributed by atoms with Crippen LogP contribution in [0.5, 0.6) is 0 Å². The average Bonchev–Trinajstić information content (AvgIpc) is 3.23. The second-order valence-corrected chi connectivity index (χ2v) is 6.35. The fourth-order valence-electron chi connectivity index (χ4n) is 3.22. The van der Waals surface area contributed by atoms with Crippen LogP contribution in [0.3, 0.4) is 0 Å². The van der Waals surface area contributed by atoms with E-state index in [4.69, 9.17) is 0 Å². The lowest BCUT2D eigenvalue weighted by molar-refractivity contribution is -0.126. The molecule has 1 aliphatic rings. The number of fused-ring (bicyclic) bond motifs is 1. The van der Waals surface area contributed by atoms with Crippen LogP contribution in [0.2, 0.25) is 0 Å². The zero-order valence-corrected chi connectivity index (χ0v) is 13.9. The maximum atomic E-state index is 13.2. The first-order valence-corrected chi connectivity index (χ1v) is 8.37. The van der Waals surface area contributed by atoms with Crippen molar-refractivity contribution in [1.82, 2.24) is 15.5 Å². The molecule has 0 bridgehead atoms. The Labute approximate surface area is 149 Å². The number of benzene rings is 2. The highest BCUT2D eigenvalue weighted by molar-refractivity contribution is 6.05. The summed E-state index contributed by atoms with van der Waals surface area (Å²) in [6.07, 6.45) is 0.135. The zero-order valence-electron chi connectivity index (χ0n) is 13.9. The summed E-state index contributed by atoms with van der Waals surface area (Å²) in [5, 5.41) is 10.8. The molecule has 1 aliphatic heterocycles. The minimum absolute atomic E-state index is 0.131. The first-order chi connectivity index (χ1) is 12.6. The van der Waals surface area contributed by atoms with E-state index < -0.39 is 5.92 Å². The number of halogens is 1. The Morgan fingerprint density at radius 3 is 2.96 bits per heavy atom. The van der Waals surface area contributed by atoms with E-state index in [0.29, 0.717) is 11.4 Å². The molecular weight excluding hydrogens is 335 g/mol. The van der Waals surface area contributed by atoms with E-state index in [9.17, 15) is 14.0 Å². The lowest BCUT2D eigenvalue weighted by atomic mass is 10.1. The topological polar surface area (TPSA) is 78.1 Å². The van der Waals surface area contributed by atoms with Crippen molar-refractivity contribution >= 4 is 28.5 Å². The number of H-pyrrole nitrogens is 1. The molecule has 1 fully saturated rings. The van der Waals surface area contributed by atoms with Crippen molar-refractivity contribution in [2.24, 2.45) is 5.92 Å². The number of aromatic nitrogens is 2. The number of hydrogen-bond acceptors (Lipinski definition) is 3. The normalized spacial score (nSPS) is 17.0. The quantitative estimate of drug-likeness (QED) is 0.757. The van der Waals surface area contributed by atoms with Gasteiger partial charge in [0.05, 0.1) is 11.4 Å². The highest BCUT2D eigenvalue weighted by atomic mass is 19.1. The molecule has 2 N–H and O–H groups in total. The van der Waals surface area contributed by atoms with E-state index >= 15 is 0 Å². The summed E-state index contributed by atoms with van der Waals surface area (Å²) in [5.74, 6) is -0.597. The molecule has 6 nitrogen and oxygen atoms in total. The lowest BCUT2D eigenvalue weighted by Crippen LogP contribution is -2.32. The van der Waals surface area contributed by atoms with Crippen molar-refractivity contribution in [2.45, 2.75) is 13.0 Å². The minimum atomic E-state index is -0.452. The van der Waals surface area contributed by atoms with Gasteiger partial charge in [-0.25, -0.2) is 4.39 Å². The third-order valence-electron chi connectivity index (χ3n) is 4.56. The standard InChI is InChI=1S/C19H17FN4O2/c20-14-5-3-4-12(8-14)10-21-19(26)13-9-17(25)24(11-13)18-15-6-1-2-7-16(15)22-23-18/h1-8,13H,9-11H2,(H,21,26)(H,22,23)/t13-/m0/s1. The maximum Gasteiger partial charge on any atom is 0.229 e. The van der Waals surface area contributed by atoms with Crippen LogP contribution in [0.15, 0.2) is 48.5 Å². The van der Waals surface area contributed by atoms with Gasteiger partial charge in [-0.3, -0.25) is 19.6 Å². The SMILES string of the molecule is O=C(NCc1cccc(F)c1)[C@H]1CC(=O)N(c2n[nH]c3ccccc23)C1. The van der Waals surface area contributed by atoms with Crippen LogP contribution in [0.25, 0.3) is 10.9 Å². The highest BCUT2D eigenvalue weighted by Gasteiger charge is 2.36. The van der Waals surface area contributed by atoms with Crippen LogP contribution >= 0.6 is 0 Å². The van der Waals surface area contributed by atoms with E-state index in [-0.39, 0.29) is 37.1 Å². The number of amides is 2. The molecule has 0 aliphatic carbocycles. The molecule has 4 rings (SSSR count). The van der Waals surface area contributed by atoms with Crippen molar-refractivity contribution < 1.29 is 14.0 Å². The smallest absolute Gasteiger partial charge is 0.229 e. The van der Waals surface area contributed by atoms with Gasteiger partial charge in [0.25, 0.3) is 0 Å². The second-order valence-electron chi connectivity index (χ2n) is 6.35. The number of rotatable bonds is 4. The van der Waals surface area contributed by atoms with Crippen LogP contribution in [0, 0.1) is 11.7 Å². The van der Waals surface area contributed by atoms with Gasteiger partial charge < -0.3 is 5.32 Å². The van der Waals surface area contributed by atoms with Crippen molar-refractivity contribution in [3.8, 4) is 0 Å². The number of hydrogen-bond donors (Lipinski definition) is 2. The van der Waals surface area contributed by atoms with Crippen molar-refractivity contribution in [1.29, 1.82) is 0 Å². The Hall–Kier alpha value is -3.22. The van der Waals surface area contributed by atoms with Crippen molar-refractivity contribution in [3.63, 3.8) is 0 Å². The van der Waals surface area contributed by atoms with Crippen LogP contribution in [0.4, 0.5) is 10.2 Å². The summed E-state index contributed by atoms with van der Waals surface area (Å²) in [5.41, 5.74) is 1.52. The van der Waals surface area contributed by atoms with E-state index in [1.54, 1.807) is 17.0 Å². The Morgan fingerprint density at radius 2 is 2.12 bits per heavy atom. The van der Waals surface area contributed by atoms with E-state index in [0.717, 1.165) is 10.9 Å². The first-order valence-electron chi connectivity index (χ1n) is 8.37. The summed E-state index contributed by atoms with van der Waals surface area (Å²) in [7, 11) is 0. The van der Waals surface area contributed by atoms with Crippen molar-refractivity contribution in [2.75, 3.05) is 11.4 Å².